The van der Waals surface area contributed by atoms with Crippen molar-refractivity contribution in [3.8, 4) is 11.5 Å². The molecule has 0 radical (unpaired) electrons. The lowest BCUT2D eigenvalue weighted by molar-refractivity contribution is 0.0781. The van der Waals surface area contributed by atoms with E-state index in [4.69, 9.17) is 9.47 Å². The standard InChI is InChI=1S/C15H22O3S/c1-15(2,16)11-4-5-13(14(10-11)17-3)18-12-6-8-19-9-7-12/h4-5,10,12,16H,6-9H2,1-3H3. The molecule has 19 heavy (non-hydrogen) atoms. The van der Waals surface area contributed by atoms with Crippen LogP contribution >= 0.6 is 11.8 Å². The number of rotatable bonds is 4. The van der Waals surface area contributed by atoms with Gasteiger partial charge in [-0.1, -0.05) is 6.07 Å². The summed E-state index contributed by atoms with van der Waals surface area (Å²) >= 11 is 1.98. The van der Waals surface area contributed by atoms with Crippen molar-refractivity contribution in [3.05, 3.63) is 23.8 Å². The molecule has 0 aliphatic carbocycles. The molecule has 0 unspecified atom stereocenters. The normalized spacial score (nSPS) is 17.3. The molecular weight excluding hydrogens is 260 g/mol. The zero-order valence-electron chi connectivity index (χ0n) is 11.8. The highest BCUT2D eigenvalue weighted by molar-refractivity contribution is 7.99. The Balaban J connectivity index is 2.16. The van der Waals surface area contributed by atoms with Crippen LogP contribution in [0.4, 0.5) is 0 Å². The van der Waals surface area contributed by atoms with Gasteiger partial charge in [0, 0.05) is 0 Å². The van der Waals surface area contributed by atoms with Crippen molar-refractivity contribution >= 4 is 11.8 Å². The van der Waals surface area contributed by atoms with Crippen LogP contribution in [0.25, 0.3) is 0 Å². The van der Waals surface area contributed by atoms with Crippen molar-refractivity contribution in [3.63, 3.8) is 0 Å². The molecule has 4 heteroatoms. The summed E-state index contributed by atoms with van der Waals surface area (Å²) in [5.41, 5.74) is -0.0382. The number of thioether (sulfide) groups is 1. The van der Waals surface area contributed by atoms with E-state index < -0.39 is 5.60 Å². The molecule has 0 amide bonds. The Kier molecular flexibility index (Phi) is 4.63. The molecule has 1 N–H and O–H groups in total. The van der Waals surface area contributed by atoms with E-state index >= 15 is 0 Å². The summed E-state index contributed by atoms with van der Waals surface area (Å²) in [6, 6.07) is 5.65. The van der Waals surface area contributed by atoms with E-state index in [1.54, 1.807) is 21.0 Å². The van der Waals surface area contributed by atoms with E-state index in [-0.39, 0.29) is 6.10 Å². The molecule has 0 saturated carbocycles. The molecule has 106 valence electrons. The summed E-state index contributed by atoms with van der Waals surface area (Å²) in [5.74, 6) is 3.79. The third kappa shape index (κ3) is 3.80. The van der Waals surface area contributed by atoms with Crippen molar-refractivity contribution in [1.82, 2.24) is 0 Å². The first-order valence-corrected chi connectivity index (χ1v) is 7.81. The maximum absolute atomic E-state index is 10.0. The minimum Gasteiger partial charge on any atom is -0.493 e. The fraction of sp³-hybridized carbons (Fsp3) is 0.600. The Morgan fingerprint density at radius 2 is 1.89 bits per heavy atom. The van der Waals surface area contributed by atoms with Gasteiger partial charge in [-0.3, -0.25) is 0 Å². The maximum Gasteiger partial charge on any atom is 0.161 e. The molecule has 1 heterocycles. The fourth-order valence-electron chi connectivity index (χ4n) is 2.12. The van der Waals surface area contributed by atoms with Gasteiger partial charge in [0.1, 0.15) is 6.10 Å². The fourth-order valence-corrected chi connectivity index (χ4v) is 3.18. The molecule has 0 aromatic heterocycles. The Bertz CT molecular complexity index is 420. The van der Waals surface area contributed by atoms with E-state index in [0.717, 1.165) is 35.7 Å². The van der Waals surface area contributed by atoms with E-state index in [2.05, 4.69) is 0 Å². The van der Waals surface area contributed by atoms with Gasteiger partial charge in [-0.15, -0.1) is 0 Å². The summed E-state index contributed by atoms with van der Waals surface area (Å²) in [7, 11) is 1.63. The number of methoxy groups -OCH3 is 1. The quantitative estimate of drug-likeness (QED) is 0.920. The van der Waals surface area contributed by atoms with E-state index in [9.17, 15) is 5.11 Å². The summed E-state index contributed by atoms with van der Waals surface area (Å²) in [6.45, 7) is 3.53. The summed E-state index contributed by atoms with van der Waals surface area (Å²) in [4.78, 5) is 0. The lowest BCUT2D eigenvalue weighted by Gasteiger charge is -2.25. The molecule has 1 aliphatic heterocycles. The van der Waals surface area contributed by atoms with Crippen molar-refractivity contribution in [2.24, 2.45) is 0 Å². The first-order valence-electron chi connectivity index (χ1n) is 6.66. The highest BCUT2D eigenvalue weighted by Crippen LogP contribution is 2.34. The van der Waals surface area contributed by atoms with Crippen LogP contribution in [0.15, 0.2) is 18.2 Å². The van der Waals surface area contributed by atoms with Crippen LogP contribution in [-0.4, -0.2) is 29.8 Å². The highest BCUT2D eigenvalue weighted by Gasteiger charge is 2.21. The number of benzene rings is 1. The third-order valence-electron chi connectivity index (χ3n) is 3.33. The van der Waals surface area contributed by atoms with Crippen LogP contribution in [-0.2, 0) is 5.60 Å². The van der Waals surface area contributed by atoms with Crippen molar-refractivity contribution < 1.29 is 14.6 Å². The number of aliphatic hydroxyl groups is 1. The van der Waals surface area contributed by atoms with Crippen molar-refractivity contribution in [2.45, 2.75) is 38.4 Å². The second kappa shape index (κ2) is 6.06. The van der Waals surface area contributed by atoms with E-state index in [1.807, 2.05) is 30.0 Å². The third-order valence-corrected chi connectivity index (χ3v) is 4.38. The second-order valence-electron chi connectivity index (χ2n) is 5.35. The van der Waals surface area contributed by atoms with Gasteiger partial charge in [0.15, 0.2) is 11.5 Å². The Morgan fingerprint density at radius 3 is 2.47 bits per heavy atom. The lowest BCUT2D eigenvalue weighted by Crippen LogP contribution is -2.22. The van der Waals surface area contributed by atoms with Crippen LogP contribution in [0.3, 0.4) is 0 Å². The average molecular weight is 282 g/mol. The van der Waals surface area contributed by atoms with Crippen LogP contribution in [0.1, 0.15) is 32.3 Å². The van der Waals surface area contributed by atoms with Crippen LogP contribution in [0, 0.1) is 0 Å². The molecule has 1 aromatic carbocycles. The molecular formula is C15H22O3S. The topological polar surface area (TPSA) is 38.7 Å². The Hall–Kier alpha value is -0.870. The number of hydrogen-bond donors (Lipinski definition) is 1. The van der Waals surface area contributed by atoms with Crippen molar-refractivity contribution in [2.75, 3.05) is 18.6 Å². The van der Waals surface area contributed by atoms with Gasteiger partial charge >= 0.3 is 0 Å². The van der Waals surface area contributed by atoms with Gasteiger partial charge in [0.25, 0.3) is 0 Å². The van der Waals surface area contributed by atoms with Gasteiger partial charge in [-0.25, -0.2) is 0 Å². The van der Waals surface area contributed by atoms with Crippen molar-refractivity contribution in [1.29, 1.82) is 0 Å². The number of hydrogen-bond acceptors (Lipinski definition) is 4. The second-order valence-corrected chi connectivity index (χ2v) is 6.58. The molecule has 0 spiro atoms. The van der Waals surface area contributed by atoms with E-state index in [1.165, 1.54) is 0 Å². The molecule has 1 saturated heterocycles. The predicted octanol–water partition coefficient (Wildman–Crippen LogP) is 3.20. The van der Waals surface area contributed by atoms with Crippen LogP contribution in [0.2, 0.25) is 0 Å². The van der Waals surface area contributed by atoms with Gasteiger partial charge < -0.3 is 14.6 Å². The molecule has 0 bridgehead atoms. The first kappa shape index (κ1) is 14.5. The summed E-state index contributed by atoms with van der Waals surface area (Å²) < 4.78 is 11.4. The van der Waals surface area contributed by atoms with Gasteiger partial charge in [-0.05, 0) is 55.9 Å². The molecule has 3 nitrogen and oxygen atoms in total. The minimum atomic E-state index is -0.868. The zero-order chi connectivity index (χ0) is 13.9. The smallest absolute Gasteiger partial charge is 0.161 e. The lowest BCUT2D eigenvalue weighted by atomic mass is 9.98. The molecule has 2 rings (SSSR count). The highest BCUT2D eigenvalue weighted by atomic mass is 32.2. The number of ether oxygens (including phenoxy) is 2. The Morgan fingerprint density at radius 1 is 1.21 bits per heavy atom. The zero-order valence-corrected chi connectivity index (χ0v) is 12.6. The molecule has 1 aromatic rings. The van der Waals surface area contributed by atoms with Crippen LogP contribution < -0.4 is 9.47 Å². The van der Waals surface area contributed by atoms with Crippen LogP contribution in [0.5, 0.6) is 11.5 Å². The van der Waals surface area contributed by atoms with E-state index in [0.29, 0.717) is 5.75 Å². The maximum atomic E-state index is 10.0. The summed E-state index contributed by atoms with van der Waals surface area (Å²) in [5, 5.41) is 10.0. The predicted molar refractivity (Wildman–Crippen MR) is 79.2 cm³/mol. The SMILES string of the molecule is COc1cc(C(C)(C)O)ccc1OC1CCSCC1. The Labute approximate surface area is 119 Å². The minimum absolute atomic E-state index is 0.281. The average Bonchev–Trinajstić information content (AvgIpc) is 2.39. The first-order chi connectivity index (χ1) is 9.00. The van der Waals surface area contributed by atoms with Gasteiger partial charge in [-0.2, -0.15) is 11.8 Å². The monoisotopic (exact) mass is 282 g/mol. The molecule has 0 atom stereocenters. The largest absolute Gasteiger partial charge is 0.493 e. The molecule has 1 fully saturated rings. The van der Waals surface area contributed by atoms with Gasteiger partial charge in [0.2, 0.25) is 0 Å². The van der Waals surface area contributed by atoms with Gasteiger partial charge in [0.05, 0.1) is 12.7 Å². The summed E-state index contributed by atoms with van der Waals surface area (Å²) in [6.07, 6.45) is 2.45. The molecule has 1 aliphatic rings.